The Kier molecular flexibility index (Phi) is 36.7. The smallest absolute Gasteiger partial charge is 0.267 e. The van der Waals surface area contributed by atoms with Crippen molar-refractivity contribution in [2.45, 2.75) is 231 Å². The Morgan fingerprint density at radius 1 is 0.558 bits per heavy atom. The predicted octanol–water partition coefficient (Wildman–Crippen LogP) is 11.9. The lowest BCUT2D eigenvalue weighted by Gasteiger charge is -2.22. The Hall–Kier alpha value is -1.48. The van der Waals surface area contributed by atoms with Crippen molar-refractivity contribution in [3.8, 4) is 0 Å². The molecule has 0 bridgehead atoms. The molecule has 0 saturated carbocycles. The van der Waals surface area contributed by atoms with Crippen LogP contribution in [0.4, 0.5) is 0 Å². The second-order valence-electron chi connectivity index (χ2n) is 15.1. The van der Waals surface area contributed by atoms with E-state index in [1.165, 1.54) is 141 Å². The molecule has 0 aliphatic rings. The van der Waals surface area contributed by atoms with Crippen molar-refractivity contribution in [3.05, 3.63) is 36.5 Å². The molecule has 0 heterocycles. The van der Waals surface area contributed by atoms with Gasteiger partial charge >= 0.3 is 0 Å². The summed E-state index contributed by atoms with van der Waals surface area (Å²) < 4.78 is 32.6. The fourth-order valence-electron chi connectivity index (χ4n) is 6.61. The summed E-state index contributed by atoms with van der Waals surface area (Å²) in [5.74, 6) is -1.53. The largest absolute Gasteiger partial charge is 0.387 e. The number of aliphatic hydroxyl groups is 2. The summed E-state index contributed by atoms with van der Waals surface area (Å²) in [5, 5.41) is 23.4. The molecule has 4 N–H and O–H groups in total. The van der Waals surface area contributed by atoms with Crippen LogP contribution in [0.2, 0.25) is 0 Å². The van der Waals surface area contributed by atoms with Gasteiger partial charge in [0.1, 0.15) is 6.10 Å². The highest BCUT2D eigenvalue weighted by Crippen LogP contribution is 2.16. The maximum absolute atomic E-state index is 12.6. The minimum absolute atomic E-state index is 0.280. The SMILES string of the molecule is CC/C=C\C/C=C\CCCCCCCCCCCCCCCC(O)C(=O)NC(CS(=O)(=O)O)C(O)/C=C/CCCCCCCCCCCCCCC. The number of hydrogen-bond acceptors (Lipinski definition) is 5. The Morgan fingerprint density at radius 2 is 0.962 bits per heavy atom. The average molecular weight is 754 g/mol. The van der Waals surface area contributed by atoms with E-state index in [1.54, 1.807) is 6.08 Å². The van der Waals surface area contributed by atoms with E-state index in [-0.39, 0.29) is 6.42 Å². The van der Waals surface area contributed by atoms with Crippen LogP contribution in [-0.4, -0.2) is 53.1 Å². The molecule has 8 heteroatoms. The number of amides is 1. The Morgan fingerprint density at radius 3 is 1.40 bits per heavy atom. The predicted molar refractivity (Wildman–Crippen MR) is 222 cm³/mol. The first-order valence-corrected chi connectivity index (χ1v) is 23.4. The zero-order chi connectivity index (χ0) is 38.4. The highest BCUT2D eigenvalue weighted by Gasteiger charge is 2.27. The maximum Gasteiger partial charge on any atom is 0.267 e. The molecule has 0 saturated heterocycles. The fourth-order valence-corrected chi connectivity index (χ4v) is 7.35. The summed E-state index contributed by atoms with van der Waals surface area (Å²) in [7, 11) is -4.44. The maximum atomic E-state index is 12.6. The first kappa shape index (κ1) is 50.5. The van der Waals surface area contributed by atoms with Gasteiger partial charge in [-0.3, -0.25) is 9.35 Å². The van der Waals surface area contributed by atoms with Crippen LogP contribution in [0.25, 0.3) is 0 Å². The molecule has 0 fully saturated rings. The molecule has 3 unspecified atom stereocenters. The molecule has 0 aromatic heterocycles. The van der Waals surface area contributed by atoms with Gasteiger partial charge in [0.05, 0.1) is 17.9 Å². The van der Waals surface area contributed by atoms with E-state index in [0.29, 0.717) is 6.42 Å². The molecule has 0 aliphatic carbocycles. The van der Waals surface area contributed by atoms with Crippen LogP contribution in [0.1, 0.15) is 213 Å². The number of carbonyl (C=O) groups excluding carboxylic acids is 1. The van der Waals surface area contributed by atoms with Crippen molar-refractivity contribution >= 4 is 16.0 Å². The average Bonchev–Trinajstić information content (AvgIpc) is 3.11. The minimum Gasteiger partial charge on any atom is -0.387 e. The molecular formula is C44H83NO6S. The topological polar surface area (TPSA) is 124 Å². The van der Waals surface area contributed by atoms with E-state index >= 15 is 0 Å². The molecule has 0 spiro atoms. The van der Waals surface area contributed by atoms with Gasteiger partial charge in [-0.05, 0) is 44.9 Å². The van der Waals surface area contributed by atoms with Crippen molar-refractivity contribution in [3.63, 3.8) is 0 Å². The van der Waals surface area contributed by atoms with E-state index in [0.717, 1.165) is 51.4 Å². The molecular weight excluding hydrogens is 671 g/mol. The molecule has 1 amide bonds. The standard InChI is InChI=1S/C44H83NO6S/c1-3-5-7-9-11-13-15-17-19-20-21-22-23-25-27-29-31-33-35-37-39-43(47)44(48)45-41(40-52(49,50)51)42(46)38-36-34-32-30-28-26-24-18-16-14-12-10-8-6-4-2/h5,7,11,13,36,38,41-43,46-47H,3-4,6,8-10,12,14-35,37,39-40H2,1-2H3,(H,45,48)(H,49,50,51)/b7-5-,13-11-,38-36+. The summed E-state index contributed by atoms with van der Waals surface area (Å²) in [6.07, 6.45) is 46.3. The quantitative estimate of drug-likeness (QED) is 0.0281. The van der Waals surface area contributed by atoms with E-state index in [4.69, 9.17) is 0 Å². The second-order valence-corrected chi connectivity index (χ2v) is 16.6. The summed E-state index contributed by atoms with van der Waals surface area (Å²) >= 11 is 0. The number of nitrogens with one attached hydrogen (secondary N) is 1. The van der Waals surface area contributed by atoms with Crippen LogP contribution in [-0.2, 0) is 14.9 Å². The van der Waals surface area contributed by atoms with Gasteiger partial charge in [0.2, 0.25) is 5.91 Å². The number of hydrogen-bond donors (Lipinski definition) is 4. The minimum atomic E-state index is -4.44. The number of carbonyl (C=O) groups is 1. The van der Waals surface area contributed by atoms with Crippen LogP contribution >= 0.6 is 0 Å². The molecule has 0 radical (unpaired) electrons. The second kappa shape index (κ2) is 37.8. The van der Waals surface area contributed by atoms with Crippen molar-refractivity contribution in [1.82, 2.24) is 5.32 Å². The van der Waals surface area contributed by atoms with Crippen LogP contribution < -0.4 is 5.32 Å². The van der Waals surface area contributed by atoms with E-state index in [9.17, 15) is 28.0 Å². The normalized spacial score (nSPS) is 14.2. The summed E-state index contributed by atoms with van der Waals surface area (Å²) in [6, 6.07) is -1.23. The zero-order valence-electron chi connectivity index (χ0n) is 33.8. The third-order valence-corrected chi connectivity index (χ3v) is 10.7. The third-order valence-electron chi connectivity index (χ3n) is 9.93. The van der Waals surface area contributed by atoms with Crippen LogP contribution in [0, 0.1) is 0 Å². The van der Waals surface area contributed by atoms with Crippen molar-refractivity contribution < 1.29 is 28.0 Å². The Bertz CT molecular complexity index is 979. The highest BCUT2D eigenvalue weighted by molar-refractivity contribution is 7.85. The van der Waals surface area contributed by atoms with Gasteiger partial charge in [-0.1, -0.05) is 204 Å². The van der Waals surface area contributed by atoms with Crippen LogP contribution in [0.15, 0.2) is 36.5 Å². The van der Waals surface area contributed by atoms with Crippen LogP contribution in [0.5, 0.6) is 0 Å². The number of unbranched alkanes of at least 4 members (excludes halogenated alkanes) is 26. The molecule has 306 valence electrons. The van der Waals surface area contributed by atoms with Gasteiger partial charge < -0.3 is 15.5 Å². The van der Waals surface area contributed by atoms with Crippen LogP contribution in [0.3, 0.4) is 0 Å². The van der Waals surface area contributed by atoms with Gasteiger partial charge in [0.15, 0.2) is 0 Å². The molecule has 7 nitrogen and oxygen atoms in total. The highest BCUT2D eigenvalue weighted by atomic mass is 32.2. The van der Waals surface area contributed by atoms with Gasteiger partial charge in [-0.25, -0.2) is 0 Å². The first-order chi connectivity index (χ1) is 25.2. The van der Waals surface area contributed by atoms with Crippen molar-refractivity contribution in [1.29, 1.82) is 0 Å². The molecule has 0 aromatic rings. The lowest BCUT2D eigenvalue weighted by Crippen LogP contribution is -2.50. The van der Waals surface area contributed by atoms with Gasteiger partial charge in [-0.15, -0.1) is 0 Å². The summed E-state index contributed by atoms with van der Waals surface area (Å²) in [6.45, 7) is 4.41. The summed E-state index contributed by atoms with van der Waals surface area (Å²) in [4.78, 5) is 12.6. The van der Waals surface area contributed by atoms with Gasteiger partial charge in [0, 0.05) is 0 Å². The fraction of sp³-hybridized carbons (Fsp3) is 0.841. The molecule has 3 atom stereocenters. The van der Waals surface area contributed by atoms with Gasteiger partial charge in [-0.2, -0.15) is 8.42 Å². The molecule has 0 aromatic carbocycles. The monoisotopic (exact) mass is 754 g/mol. The van der Waals surface area contributed by atoms with Gasteiger partial charge in [0.25, 0.3) is 10.1 Å². The van der Waals surface area contributed by atoms with Crippen molar-refractivity contribution in [2.24, 2.45) is 0 Å². The Labute approximate surface area is 321 Å². The number of allylic oxidation sites excluding steroid dienone is 5. The molecule has 0 rings (SSSR count). The van der Waals surface area contributed by atoms with E-state index < -0.39 is 40.0 Å². The van der Waals surface area contributed by atoms with E-state index in [2.05, 4.69) is 43.5 Å². The summed E-state index contributed by atoms with van der Waals surface area (Å²) in [5.41, 5.74) is 0. The number of rotatable bonds is 39. The molecule has 0 aliphatic heterocycles. The van der Waals surface area contributed by atoms with Crippen molar-refractivity contribution in [2.75, 3.05) is 5.75 Å². The molecule has 52 heavy (non-hydrogen) atoms. The Balaban J connectivity index is 3.96. The zero-order valence-corrected chi connectivity index (χ0v) is 34.6. The lowest BCUT2D eigenvalue weighted by atomic mass is 10.0. The first-order valence-electron chi connectivity index (χ1n) is 21.8. The van der Waals surface area contributed by atoms with E-state index in [1.807, 2.05) is 0 Å². The third kappa shape index (κ3) is 36.9. The lowest BCUT2D eigenvalue weighted by molar-refractivity contribution is -0.130. The number of aliphatic hydroxyl groups excluding tert-OH is 2.